The van der Waals surface area contributed by atoms with Crippen molar-refractivity contribution < 1.29 is 4.42 Å². The number of nitrogens with one attached hydrogen (secondary N) is 1. The van der Waals surface area contributed by atoms with Crippen molar-refractivity contribution in [3.63, 3.8) is 0 Å². The molecule has 1 N–H and O–H groups in total. The van der Waals surface area contributed by atoms with Gasteiger partial charge in [-0.05, 0) is 29.7 Å². The molecule has 25 heavy (non-hydrogen) atoms. The molecule has 0 atom stereocenters. The van der Waals surface area contributed by atoms with Gasteiger partial charge in [-0.3, -0.25) is 0 Å². The number of halogens is 1. The standard InChI is InChI=1S/C18H14ClN3O2S/c1-2-10-3-4-13-11(6-16(23)24-15(13)5-10)9-25-18-21-14-7-12(19)8-20-17(14)22-18/h3-8H,2,9H2,1H3,(H,20,21,22). The Kier molecular flexibility index (Phi) is 4.23. The molecule has 126 valence electrons. The van der Waals surface area contributed by atoms with Crippen LogP contribution in [0.15, 0.2) is 50.9 Å². The lowest BCUT2D eigenvalue weighted by molar-refractivity contribution is 0.559. The summed E-state index contributed by atoms with van der Waals surface area (Å²) < 4.78 is 5.35. The number of aryl methyl sites for hydroxylation is 1. The van der Waals surface area contributed by atoms with Crippen LogP contribution in [-0.2, 0) is 12.2 Å². The third-order valence-electron chi connectivity index (χ3n) is 3.95. The Labute approximate surface area is 152 Å². The highest BCUT2D eigenvalue weighted by molar-refractivity contribution is 7.98. The van der Waals surface area contributed by atoms with Gasteiger partial charge < -0.3 is 9.40 Å². The predicted molar refractivity (Wildman–Crippen MR) is 100 cm³/mol. The van der Waals surface area contributed by atoms with E-state index in [9.17, 15) is 4.79 Å². The lowest BCUT2D eigenvalue weighted by Crippen LogP contribution is -2.00. The minimum atomic E-state index is -0.339. The molecule has 0 bridgehead atoms. The number of fused-ring (bicyclic) bond motifs is 2. The van der Waals surface area contributed by atoms with Crippen molar-refractivity contribution >= 4 is 45.5 Å². The maximum atomic E-state index is 11.9. The zero-order valence-electron chi connectivity index (χ0n) is 13.4. The number of rotatable bonds is 4. The molecule has 0 fully saturated rings. The molecular formula is C18H14ClN3O2S. The maximum absolute atomic E-state index is 11.9. The summed E-state index contributed by atoms with van der Waals surface area (Å²) in [5.74, 6) is 0.598. The number of pyridine rings is 1. The molecule has 0 radical (unpaired) electrons. The zero-order chi connectivity index (χ0) is 17.4. The molecule has 0 spiro atoms. The van der Waals surface area contributed by atoms with Gasteiger partial charge >= 0.3 is 5.63 Å². The summed E-state index contributed by atoms with van der Waals surface area (Å²) in [6.45, 7) is 2.07. The Morgan fingerprint density at radius 2 is 2.16 bits per heavy atom. The fourth-order valence-corrected chi connectivity index (χ4v) is 3.70. The summed E-state index contributed by atoms with van der Waals surface area (Å²) in [7, 11) is 0. The third kappa shape index (κ3) is 3.27. The Bertz CT molecular complexity index is 1140. The molecule has 3 heterocycles. The first-order chi connectivity index (χ1) is 12.1. The highest BCUT2D eigenvalue weighted by Gasteiger charge is 2.10. The van der Waals surface area contributed by atoms with Crippen LogP contribution in [0.2, 0.25) is 5.02 Å². The molecule has 0 aliphatic rings. The van der Waals surface area contributed by atoms with Crippen molar-refractivity contribution in [2.24, 2.45) is 0 Å². The number of H-pyrrole nitrogens is 1. The van der Waals surface area contributed by atoms with Crippen molar-refractivity contribution in [2.75, 3.05) is 0 Å². The molecule has 0 aliphatic carbocycles. The number of thioether (sulfide) groups is 1. The van der Waals surface area contributed by atoms with Crippen LogP contribution in [0, 0.1) is 0 Å². The molecule has 4 rings (SSSR count). The van der Waals surface area contributed by atoms with Gasteiger partial charge in [0.2, 0.25) is 0 Å². The summed E-state index contributed by atoms with van der Waals surface area (Å²) in [5, 5.41) is 2.24. The van der Waals surface area contributed by atoms with Gasteiger partial charge in [-0.2, -0.15) is 0 Å². The van der Waals surface area contributed by atoms with Crippen molar-refractivity contribution in [2.45, 2.75) is 24.3 Å². The van der Waals surface area contributed by atoms with Crippen LogP contribution < -0.4 is 5.63 Å². The Morgan fingerprint density at radius 3 is 3.00 bits per heavy atom. The molecule has 0 saturated carbocycles. The van der Waals surface area contributed by atoms with Crippen LogP contribution in [0.3, 0.4) is 0 Å². The van der Waals surface area contributed by atoms with Gasteiger partial charge in [0, 0.05) is 23.4 Å². The fraction of sp³-hybridized carbons (Fsp3) is 0.167. The lowest BCUT2D eigenvalue weighted by Gasteiger charge is -2.05. The van der Waals surface area contributed by atoms with Crippen molar-refractivity contribution in [3.05, 3.63) is 63.1 Å². The summed E-state index contributed by atoms with van der Waals surface area (Å²) in [5.41, 5.74) is 3.76. The van der Waals surface area contributed by atoms with E-state index in [1.807, 2.05) is 12.1 Å². The minimum Gasteiger partial charge on any atom is -0.423 e. The van der Waals surface area contributed by atoms with Crippen molar-refractivity contribution in [1.82, 2.24) is 15.0 Å². The second-order valence-electron chi connectivity index (χ2n) is 5.63. The van der Waals surface area contributed by atoms with Gasteiger partial charge in [0.05, 0.1) is 10.5 Å². The van der Waals surface area contributed by atoms with Crippen LogP contribution >= 0.6 is 23.4 Å². The minimum absolute atomic E-state index is 0.339. The van der Waals surface area contributed by atoms with E-state index in [4.69, 9.17) is 16.0 Å². The molecule has 3 aromatic heterocycles. The smallest absolute Gasteiger partial charge is 0.336 e. The van der Waals surface area contributed by atoms with E-state index < -0.39 is 0 Å². The van der Waals surface area contributed by atoms with Crippen molar-refractivity contribution in [3.8, 4) is 0 Å². The summed E-state index contributed by atoms with van der Waals surface area (Å²) in [6.07, 6.45) is 2.47. The molecule has 0 saturated heterocycles. The van der Waals surface area contributed by atoms with Crippen LogP contribution in [0.1, 0.15) is 18.1 Å². The molecule has 0 amide bonds. The van der Waals surface area contributed by atoms with Gasteiger partial charge in [0.15, 0.2) is 10.8 Å². The molecule has 0 unspecified atom stereocenters. The number of nitrogens with zero attached hydrogens (tertiary/aromatic N) is 2. The topological polar surface area (TPSA) is 71.8 Å². The highest BCUT2D eigenvalue weighted by atomic mass is 35.5. The largest absolute Gasteiger partial charge is 0.423 e. The number of hydrogen-bond donors (Lipinski definition) is 1. The van der Waals surface area contributed by atoms with Gasteiger partial charge in [0.1, 0.15) is 5.58 Å². The second-order valence-corrected chi connectivity index (χ2v) is 7.03. The van der Waals surface area contributed by atoms with E-state index >= 15 is 0 Å². The van der Waals surface area contributed by atoms with Crippen LogP contribution in [0.25, 0.3) is 22.1 Å². The highest BCUT2D eigenvalue weighted by Crippen LogP contribution is 2.27. The number of aromatic amines is 1. The van der Waals surface area contributed by atoms with E-state index in [1.165, 1.54) is 11.8 Å². The number of benzene rings is 1. The quantitative estimate of drug-likeness (QED) is 0.420. The monoisotopic (exact) mass is 371 g/mol. The number of aromatic nitrogens is 3. The van der Waals surface area contributed by atoms with Gasteiger partial charge in [-0.25, -0.2) is 14.8 Å². The first-order valence-electron chi connectivity index (χ1n) is 7.82. The Hall–Kier alpha value is -2.31. The average Bonchev–Trinajstić information content (AvgIpc) is 3.00. The second kappa shape index (κ2) is 6.54. The van der Waals surface area contributed by atoms with Crippen molar-refractivity contribution in [1.29, 1.82) is 0 Å². The SMILES string of the molecule is CCc1ccc2c(CSc3nc4ncc(Cl)cc4[nH]3)cc(=O)oc2c1. The zero-order valence-corrected chi connectivity index (χ0v) is 14.9. The first kappa shape index (κ1) is 16.2. The summed E-state index contributed by atoms with van der Waals surface area (Å²) in [4.78, 5) is 23.7. The fourth-order valence-electron chi connectivity index (χ4n) is 2.68. The van der Waals surface area contributed by atoms with Gasteiger partial charge in [0.25, 0.3) is 0 Å². The predicted octanol–water partition coefficient (Wildman–Crippen LogP) is 4.57. The molecular weight excluding hydrogens is 358 g/mol. The van der Waals surface area contributed by atoms with E-state index in [1.54, 1.807) is 18.3 Å². The van der Waals surface area contributed by atoms with Crippen LogP contribution in [0.4, 0.5) is 0 Å². The number of imidazole rings is 1. The summed E-state index contributed by atoms with van der Waals surface area (Å²) >= 11 is 7.45. The van der Waals surface area contributed by atoms with E-state index in [0.29, 0.717) is 22.0 Å². The molecule has 5 nitrogen and oxygen atoms in total. The first-order valence-corrected chi connectivity index (χ1v) is 9.18. The van der Waals surface area contributed by atoms with Gasteiger partial charge in [-0.1, -0.05) is 42.4 Å². The number of hydrogen-bond acceptors (Lipinski definition) is 5. The normalized spacial score (nSPS) is 11.4. The molecule has 0 aliphatic heterocycles. The lowest BCUT2D eigenvalue weighted by atomic mass is 10.1. The third-order valence-corrected chi connectivity index (χ3v) is 5.08. The van der Waals surface area contributed by atoms with Gasteiger partial charge in [-0.15, -0.1) is 0 Å². The molecule has 1 aromatic carbocycles. The van der Waals surface area contributed by atoms with Crippen LogP contribution in [-0.4, -0.2) is 15.0 Å². The Morgan fingerprint density at radius 1 is 1.28 bits per heavy atom. The molecule has 4 aromatic rings. The average molecular weight is 372 g/mol. The van der Waals surface area contributed by atoms with E-state index in [-0.39, 0.29) is 5.63 Å². The Balaban J connectivity index is 1.66. The van der Waals surface area contributed by atoms with E-state index in [0.717, 1.165) is 33.6 Å². The van der Waals surface area contributed by atoms with E-state index in [2.05, 4.69) is 27.9 Å². The maximum Gasteiger partial charge on any atom is 0.336 e. The van der Waals surface area contributed by atoms with Crippen LogP contribution in [0.5, 0.6) is 0 Å². The summed E-state index contributed by atoms with van der Waals surface area (Å²) in [6, 6.07) is 9.33. The molecule has 7 heteroatoms.